The normalized spacial score (nSPS) is 16.3. The summed E-state index contributed by atoms with van der Waals surface area (Å²) in [6, 6.07) is 12.0. The van der Waals surface area contributed by atoms with Crippen LogP contribution in [0.2, 0.25) is 0 Å². The average molecular weight is 283 g/mol. The molecule has 1 aliphatic rings. The molecule has 0 saturated carbocycles. The van der Waals surface area contributed by atoms with Gasteiger partial charge in [0.25, 0.3) is 0 Å². The first-order valence-electron chi connectivity index (χ1n) is 7.61. The van der Waals surface area contributed by atoms with Gasteiger partial charge in [-0.25, -0.2) is 0 Å². The van der Waals surface area contributed by atoms with E-state index >= 15 is 0 Å². The van der Waals surface area contributed by atoms with Crippen LogP contribution >= 0.6 is 0 Å². The van der Waals surface area contributed by atoms with Crippen LogP contribution in [0.5, 0.6) is 0 Å². The molecule has 1 N–H and O–H groups in total. The molecular formula is C17H21N3O. The SMILES string of the molecule is CC(NCc1ccc2ccccc2n1)C(=O)N1CCCC1. The molecule has 1 aliphatic heterocycles. The van der Waals surface area contributed by atoms with Crippen LogP contribution in [0.25, 0.3) is 10.9 Å². The number of rotatable bonds is 4. The minimum Gasteiger partial charge on any atom is -0.341 e. The van der Waals surface area contributed by atoms with Crippen molar-refractivity contribution < 1.29 is 4.79 Å². The van der Waals surface area contributed by atoms with E-state index in [4.69, 9.17) is 0 Å². The van der Waals surface area contributed by atoms with Gasteiger partial charge in [-0.1, -0.05) is 24.3 Å². The van der Waals surface area contributed by atoms with E-state index in [9.17, 15) is 4.79 Å². The van der Waals surface area contributed by atoms with Gasteiger partial charge in [0.15, 0.2) is 0 Å². The second-order valence-corrected chi connectivity index (χ2v) is 5.63. The van der Waals surface area contributed by atoms with Gasteiger partial charge in [-0.2, -0.15) is 0 Å². The number of benzene rings is 1. The van der Waals surface area contributed by atoms with Gasteiger partial charge in [-0.15, -0.1) is 0 Å². The molecule has 3 rings (SSSR count). The monoisotopic (exact) mass is 283 g/mol. The molecule has 21 heavy (non-hydrogen) atoms. The molecule has 0 radical (unpaired) electrons. The quantitative estimate of drug-likeness (QED) is 0.936. The third-order valence-electron chi connectivity index (χ3n) is 4.03. The van der Waals surface area contributed by atoms with Gasteiger partial charge in [0.1, 0.15) is 0 Å². The summed E-state index contributed by atoms with van der Waals surface area (Å²) < 4.78 is 0. The van der Waals surface area contributed by atoms with E-state index in [-0.39, 0.29) is 11.9 Å². The summed E-state index contributed by atoms with van der Waals surface area (Å²) in [5.41, 5.74) is 1.96. The van der Waals surface area contributed by atoms with Crippen LogP contribution in [0, 0.1) is 0 Å². The lowest BCUT2D eigenvalue weighted by atomic mass is 10.2. The van der Waals surface area contributed by atoms with Gasteiger partial charge in [-0.05, 0) is 31.9 Å². The topological polar surface area (TPSA) is 45.2 Å². The number of carbonyl (C=O) groups is 1. The molecule has 0 spiro atoms. The molecule has 0 bridgehead atoms. The van der Waals surface area contributed by atoms with Crippen molar-refractivity contribution in [1.82, 2.24) is 15.2 Å². The second-order valence-electron chi connectivity index (χ2n) is 5.63. The Hall–Kier alpha value is -1.94. The predicted molar refractivity (Wildman–Crippen MR) is 83.9 cm³/mol. The molecule has 1 saturated heterocycles. The second kappa shape index (κ2) is 6.22. The van der Waals surface area contributed by atoms with Crippen molar-refractivity contribution in [2.24, 2.45) is 0 Å². The zero-order valence-corrected chi connectivity index (χ0v) is 12.4. The number of para-hydroxylation sites is 1. The highest BCUT2D eigenvalue weighted by molar-refractivity contribution is 5.81. The fourth-order valence-corrected chi connectivity index (χ4v) is 2.76. The largest absolute Gasteiger partial charge is 0.341 e. The fraction of sp³-hybridized carbons (Fsp3) is 0.412. The Morgan fingerprint density at radius 2 is 2.00 bits per heavy atom. The summed E-state index contributed by atoms with van der Waals surface area (Å²) in [6.07, 6.45) is 2.26. The van der Waals surface area contributed by atoms with Crippen molar-refractivity contribution in [2.75, 3.05) is 13.1 Å². The maximum Gasteiger partial charge on any atom is 0.239 e. The molecule has 2 heterocycles. The first-order chi connectivity index (χ1) is 10.2. The van der Waals surface area contributed by atoms with Gasteiger partial charge in [-0.3, -0.25) is 9.78 Å². The van der Waals surface area contributed by atoms with Gasteiger partial charge in [0, 0.05) is 25.0 Å². The summed E-state index contributed by atoms with van der Waals surface area (Å²) in [6.45, 7) is 4.35. The highest BCUT2D eigenvalue weighted by Crippen LogP contribution is 2.12. The number of hydrogen-bond donors (Lipinski definition) is 1. The number of aromatic nitrogens is 1. The minimum atomic E-state index is -0.156. The Morgan fingerprint density at radius 3 is 2.81 bits per heavy atom. The molecule has 1 amide bonds. The Bertz CT molecular complexity index is 635. The maximum absolute atomic E-state index is 12.2. The van der Waals surface area contributed by atoms with Gasteiger partial charge in [0.05, 0.1) is 17.3 Å². The average Bonchev–Trinajstić information content (AvgIpc) is 3.06. The third-order valence-corrected chi connectivity index (χ3v) is 4.03. The van der Waals surface area contributed by atoms with Crippen molar-refractivity contribution in [1.29, 1.82) is 0 Å². The zero-order valence-electron chi connectivity index (χ0n) is 12.4. The lowest BCUT2D eigenvalue weighted by molar-refractivity contribution is -0.131. The molecule has 4 heteroatoms. The summed E-state index contributed by atoms with van der Waals surface area (Å²) in [5.74, 6) is 0.202. The smallest absolute Gasteiger partial charge is 0.239 e. The van der Waals surface area contributed by atoms with E-state index in [1.54, 1.807) is 0 Å². The van der Waals surface area contributed by atoms with Crippen LogP contribution in [0.4, 0.5) is 0 Å². The number of amides is 1. The number of hydrogen-bond acceptors (Lipinski definition) is 3. The molecular weight excluding hydrogens is 262 g/mol. The minimum absolute atomic E-state index is 0.156. The fourth-order valence-electron chi connectivity index (χ4n) is 2.76. The van der Waals surface area contributed by atoms with Crippen molar-refractivity contribution >= 4 is 16.8 Å². The Kier molecular flexibility index (Phi) is 4.15. The Morgan fingerprint density at radius 1 is 1.24 bits per heavy atom. The standard InChI is InChI=1S/C17H21N3O/c1-13(17(21)20-10-4-5-11-20)18-12-15-9-8-14-6-2-3-7-16(14)19-15/h2-3,6-9,13,18H,4-5,10-12H2,1H3. The van der Waals surface area contributed by atoms with Crippen LogP contribution in [0.1, 0.15) is 25.5 Å². The molecule has 2 aromatic rings. The molecule has 1 aromatic heterocycles. The predicted octanol–water partition coefficient (Wildman–Crippen LogP) is 2.34. The number of nitrogens with zero attached hydrogens (tertiary/aromatic N) is 2. The van der Waals surface area contributed by atoms with Crippen molar-refractivity contribution in [3.8, 4) is 0 Å². The van der Waals surface area contributed by atoms with Crippen LogP contribution in [0.3, 0.4) is 0 Å². The summed E-state index contributed by atoms with van der Waals surface area (Å²) in [4.78, 5) is 18.8. The highest BCUT2D eigenvalue weighted by Gasteiger charge is 2.22. The molecule has 4 nitrogen and oxygen atoms in total. The number of likely N-dealkylation sites (tertiary alicyclic amines) is 1. The van der Waals surface area contributed by atoms with E-state index in [1.807, 2.05) is 36.1 Å². The van der Waals surface area contributed by atoms with E-state index in [0.717, 1.165) is 42.5 Å². The van der Waals surface area contributed by atoms with Gasteiger partial charge in [0.2, 0.25) is 5.91 Å². The Labute approximate surface area is 125 Å². The van der Waals surface area contributed by atoms with Crippen LogP contribution < -0.4 is 5.32 Å². The van der Waals surface area contributed by atoms with Gasteiger partial charge >= 0.3 is 0 Å². The molecule has 1 fully saturated rings. The van der Waals surface area contributed by atoms with Crippen molar-refractivity contribution in [2.45, 2.75) is 32.4 Å². The first kappa shape index (κ1) is 14.0. The number of carbonyl (C=O) groups excluding carboxylic acids is 1. The Balaban J connectivity index is 1.61. The summed E-state index contributed by atoms with van der Waals surface area (Å²) in [7, 11) is 0. The van der Waals surface area contributed by atoms with E-state index < -0.39 is 0 Å². The molecule has 1 unspecified atom stereocenters. The highest BCUT2D eigenvalue weighted by atomic mass is 16.2. The summed E-state index contributed by atoms with van der Waals surface area (Å²) >= 11 is 0. The maximum atomic E-state index is 12.2. The lowest BCUT2D eigenvalue weighted by Crippen LogP contribution is -2.43. The van der Waals surface area contributed by atoms with E-state index in [1.165, 1.54) is 0 Å². The molecule has 1 aromatic carbocycles. The molecule has 110 valence electrons. The third kappa shape index (κ3) is 3.22. The van der Waals surface area contributed by atoms with Crippen molar-refractivity contribution in [3.05, 3.63) is 42.1 Å². The first-order valence-corrected chi connectivity index (χ1v) is 7.61. The number of pyridine rings is 1. The van der Waals surface area contributed by atoms with Crippen LogP contribution in [-0.4, -0.2) is 34.9 Å². The lowest BCUT2D eigenvalue weighted by Gasteiger charge is -2.21. The van der Waals surface area contributed by atoms with E-state index in [2.05, 4.69) is 22.4 Å². The van der Waals surface area contributed by atoms with Crippen LogP contribution in [0.15, 0.2) is 36.4 Å². The van der Waals surface area contributed by atoms with Crippen molar-refractivity contribution in [3.63, 3.8) is 0 Å². The van der Waals surface area contributed by atoms with Crippen LogP contribution in [-0.2, 0) is 11.3 Å². The molecule has 1 atom stereocenters. The zero-order chi connectivity index (χ0) is 14.7. The number of fused-ring (bicyclic) bond motifs is 1. The summed E-state index contributed by atoms with van der Waals surface area (Å²) in [5, 5.41) is 4.43. The van der Waals surface area contributed by atoms with Gasteiger partial charge < -0.3 is 10.2 Å². The molecule has 0 aliphatic carbocycles. The number of nitrogens with one attached hydrogen (secondary N) is 1. The van der Waals surface area contributed by atoms with E-state index in [0.29, 0.717) is 6.54 Å².